The Hall–Kier alpha value is -1.08. The number of nitrogens with one attached hydrogen (secondary N) is 1. The summed E-state index contributed by atoms with van der Waals surface area (Å²) in [5.41, 5.74) is 1.92. The molecule has 0 radical (unpaired) electrons. The molecule has 1 aromatic heterocycles. The predicted octanol–water partition coefficient (Wildman–Crippen LogP) is 3.51. The Labute approximate surface area is 131 Å². The summed E-state index contributed by atoms with van der Waals surface area (Å²) < 4.78 is 6.12. The first-order valence-corrected chi connectivity index (χ1v) is 7.73. The normalized spacial score (nSPS) is 12.7. The predicted molar refractivity (Wildman–Crippen MR) is 82.6 cm³/mol. The molecule has 0 spiro atoms. The third-order valence-electron chi connectivity index (χ3n) is 2.36. The average Bonchev–Trinajstić information content (AvgIpc) is 2.72. The van der Waals surface area contributed by atoms with Gasteiger partial charge < -0.3 is 4.74 Å². The van der Waals surface area contributed by atoms with Crippen LogP contribution in [0.4, 0.5) is 4.79 Å². The SMILES string of the molecule is CC(C(=O)NN(C)C(=O)OC(C)(C)C)c1ccc(Br)s1. The second-order valence-electron chi connectivity index (χ2n) is 5.38. The van der Waals surface area contributed by atoms with E-state index in [9.17, 15) is 9.59 Å². The third-order valence-corrected chi connectivity index (χ3v) is 4.17. The van der Waals surface area contributed by atoms with E-state index in [4.69, 9.17) is 4.74 Å². The maximum Gasteiger partial charge on any atom is 0.428 e. The Balaban J connectivity index is 2.59. The lowest BCUT2D eigenvalue weighted by molar-refractivity contribution is -0.126. The van der Waals surface area contributed by atoms with Crippen LogP contribution >= 0.6 is 27.3 Å². The summed E-state index contributed by atoms with van der Waals surface area (Å²) in [4.78, 5) is 24.7. The second kappa shape index (κ2) is 6.58. The van der Waals surface area contributed by atoms with Crippen molar-refractivity contribution in [3.05, 3.63) is 20.8 Å². The largest absolute Gasteiger partial charge is 0.442 e. The van der Waals surface area contributed by atoms with Crippen molar-refractivity contribution in [1.29, 1.82) is 0 Å². The number of hydrogen-bond donors (Lipinski definition) is 1. The van der Waals surface area contributed by atoms with Crippen LogP contribution in [0.2, 0.25) is 0 Å². The quantitative estimate of drug-likeness (QED) is 0.818. The molecule has 0 aliphatic carbocycles. The maximum absolute atomic E-state index is 12.1. The second-order valence-corrected chi connectivity index (χ2v) is 7.87. The van der Waals surface area contributed by atoms with Gasteiger partial charge in [-0.05, 0) is 55.8 Å². The number of hydrogen-bond acceptors (Lipinski definition) is 4. The molecule has 5 nitrogen and oxygen atoms in total. The van der Waals surface area contributed by atoms with Gasteiger partial charge in [-0.3, -0.25) is 10.2 Å². The maximum atomic E-state index is 12.1. The van der Waals surface area contributed by atoms with Gasteiger partial charge in [-0.1, -0.05) is 0 Å². The summed E-state index contributed by atoms with van der Waals surface area (Å²) in [7, 11) is 1.46. The first-order chi connectivity index (χ1) is 9.10. The van der Waals surface area contributed by atoms with Crippen molar-refractivity contribution >= 4 is 39.3 Å². The molecule has 112 valence electrons. The fraction of sp³-hybridized carbons (Fsp3) is 0.538. The molecule has 0 bridgehead atoms. The van der Waals surface area contributed by atoms with E-state index in [0.717, 1.165) is 13.7 Å². The summed E-state index contributed by atoms with van der Waals surface area (Å²) in [5, 5.41) is 1.06. The molecule has 0 aliphatic rings. The molecule has 2 amide bonds. The van der Waals surface area contributed by atoms with Crippen molar-refractivity contribution in [3.8, 4) is 0 Å². The molecule has 1 aromatic rings. The summed E-state index contributed by atoms with van der Waals surface area (Å²) in [6.07, 6.45) is -0.592. The van der Waals surface area contributed by atoms with Crippen molar-refractivity contribution in [2.45, 2.75) is 39.2 Å². The van der Waals surface area contributed by atoms with E-state index in [0.29, 0.717) is 0 Å². The minimum absolute atomic E-state index is 0.257. The lowest BCUT2D eigenvalue weighted by atomic mass is 10.1. The van der Waals surface area contributed by atoms with E-state index < -0.39 is 11.7 Å². The number of nitrogens with zero attached hydrogens (tertiary/aromatic N) is 1. The van der Waals surface area contributed by atoms with Crippen LogP contribution in [0.25, 0.3) is 0 Å². The van der Waals surface area contributed by atoms with Gasteiger partial charge in [-0.25, -0.2) is 9.80 Å². The zero-order chi connectivity index (χ0) is 15.5. The standard InChI is InChI=1S/C13H19BrN2O3S/c1-8(9-6-7-10(14)20-9)11(17)15-16(5)12(18)19-13(2,3)4/h6-8H,1-5H3,(H,15,17). The van der Waals surface area contributed by atoms with E-state index in [1.54, 1.807) is 27.7 Å². The molecule has 1 rings (SSSR count). The minimum atomic E-state index is -0.597. The van der Waals surface area contributed by atoms with E-state index in [1.165, 1.54) is 18.4 Å². The molecule has 1 atom stereocenters. The van der Waals surface area contributed by atoms with Crippen LogP contribution in [-0.2, 0) is 9.53 Å². The molecule has 0 saturated heterocycles. The molecule has 0 saturated carbocycles. The van der Waals surface area contributed by atoms with Crippen LogP contribution in [0.3, 0.4) is 0 Å². The van der Waals surface area contributed by atoms with Gasteiger partial charge >= 0.3 is 6.09 Å². The van der Waals surface area contributed by atoms with E-state index in [1.807, 2.05) is 12.1 Å². The van der Waals surface area contributed by atoms with E-state index in [-0.39, 0.29) is 11.8 Å². The Morgan fingerprint density at radius 2 is 2.00 bits per heavy atom. The average molecular weight is 363 g/mol. The smallest absolute Gasteiger partial charge is 0.428 e. The van der Waals surface area contributed by atoms with Crippen LogP contribution in [0.1, 0.15) is 38.5 Å². The van der Waals surface area contributed by atoms with E-state index >= 15 is 0 Å². The van der Waals surface area contributed by atoms with Gasteiger partial charge in [0.05, 0.1) is 9.70 Å². The van der Waals surface area contributed by atoms with Crippen molar-refractivity contribution < 1.29 is 14.3 Å². The highest BCUT2D eigenvalue weighted by atomic mass is 79.9. The Bertz CT molecular complexity index is 496. The Morgan fingerprint density at radius 1 is 1.40 bits per heavy atom. The zero-order valence-electron chi connectivity index (χ0n) is 12.2. The van der Waals surface area contributed by atoms with Gasteiger partial charge in [0.1, 0.15) is 5.60 Å². The highest BCUT2D eigenvalue weighted by Crippen LogP contribution is 2.28. The highest BCUT2D eigenvalue weighted by molar-refractivity contribution is 9.11. The number of amides is 2. The molecule has 7 heteroatoms. The van der Waals surface area contributed by atoms with Crippen molar-refractivity contribution in [1.82, 2.24) is 10.4 Å². The molecular weight excluding hydrogens is 344 g/mol. The van der Waals surface area contributed by atoms with Gasteiger partial charge in [0.25, 0.3) is 0 Å². The number of ether oxygens (including phenoxy) is 1. The van der Waals surface area contributed by atoms with Gasteiger partial charge in [0, 0.05) is 11.9 Å². The number of carbonyl (C=O) groups excluding carboxylic acids is 2. The minimum Gasteiger partial charge on any atom is -0.442 e. The molecule has 0 fully saturated rings. The van der Waals surface area contributed by atoms with Crippen LogP contribution in [0, 0.1) is 0 Å². The number of halogens is 1. The van der Waals surface area contributed by atoms with Crippen LogP contribution in [0.5, 0.6) is 0 Å². The summed E-state index contributed by atoms with van der Waals surface area (Å²) in [5.74, 6) is -0.594. The fourth-order valence-electron chi connectivity index (χ4n) is 1.33. The summed E-state index contributed by atoms with van der Waals surface area (Å²) >= 11 is 4.85. The van der Waals surface area contributed by atoms with Crippen LogP contribution < -0.4 is 5.43 Å². The Kier molecular flexibility index (Phi) is 5.59. The van der Waals surface area contributed by atoms with Crippen molar-refractivity contribution in [3.63, 3.8) is 0 Å². The topological polar surface area (TPSA) is 58.6 Å². The lowest BCUT2D eigenvalue weighted by Gasteiger charge is -2.25. The Morgan fingerprint density at radius 3 is 2.45 bits per heavy atom. The monoisotopic (exact) mass is 362 g/mol. The molecule has 0 aliphatic heterocycles. The highest BCUT2D eigenvalue weighted by Gasteiger charge is 2.23. The number of rotatable bonds is 2. The van der Waals surface area contributed by atoms with Gasteiger partial charge in [-0.15, -0.1) is 11.3 Å². The molecule has 20 heavy (non-hydrogen) atoms. The van der Waals surface area contributed by atoms with Gasteiger partial charge in [0.2, 0.25) is 5.91 Å². The first kappa shape index (κ1) is 17.0. The summed E-state index contributed by atoms with van der Waals surface area (Å²) in [6, 6.07) is 3.77. The lowest BCUT2D eigenvalue weighted by Crippen LogP contribution is -2.46. The molecule has 1 unspecified atom stereocenters. The molecule has 0 aromatic carbocycles. The third kappa shape index (κ3) is 5.13. The van der Waals surface area contributed by atoms with Crippen molar-refractivity contribution in [2.24, 2.45) is 0 Å². The number of hydrazine groups is 1. The number of carbonyl (C=O) groups is 2. The molecule has 1 N–H and O–H groups in total. The van der Waals surface area contributed by atoms with E-state index in [2.05, 4.69) is 21.4 Å². The van der Waals surface area contributed by atoms with Crippen molar-refractivity contribution in [2.75, 3.05) is 7.05 Å². The molecule has 1 heterocycles. The van der Waals surface area contributed by atoms with Crippen LogP contribution in [-0.4, -0.2) is 29.7 Å². The van der Waals surface area contributed by atoms with Gasteiger partial charge in [-0.2, -0.15) is 0 Å². The fourth-order valence-corrected chi connectivity index (χ4v) is 2.80. The van der Waals surface area contributed by atoms with Gasteiger partial charge in [0.15, 0.2) is 0 Å². The zero-order valence-corrected chi connectivity index (χ0v) is 14.6. The summed E-state index contributed by atoms with van der Waals surface area (Å²) in [6.45, 7) is 7.10. The first-order valence-electron chi connectivity index (χ1n) is 6.12. The molecular formula is C13H19BrN2O3S. The number of thiophene rings is 1. The van der Waals surface area contributed by atoms with Crippen LogP contribution in [0.15, 0.2) is 15.9 Å².